The number of nitrogens with zero attached hydrogens (tertiary/aromatic N) is 1. The Hall–Kier alpha value is -3.26. The molecule has 0 aliphatic carbocycles. The molecule has 5 nitrogen and oxygen atoms in total. The van der Waals surface area contributed by atoms with Crippen LogP contribution in [0.25, 0.3) is 6.08 Å². The first-order valence-electron chi connectivity index (χ1n) is 7.22. The number of para-hydroxylation sites is 1. The quantitative estimate of drug-likeness (QED) is 0.576. The van der Waals surface area contributed by atoms with Crippen molar-refractivity contribution in [1.29, 1.82) is 5.26 Å². The number of methoxy groups -OCH3 is 2. The van der Waals surface area contributed by atoms with Crippen LogP contribution in [0, 0.1) is 11.3 Å². The number of benzene rings is 2. The van der Waals surface area contributed by atoms with Crippen molar-refractivity contribution in [3.05, 3.63) is 59.7 Å². The zero-order valence-corrected chi connectivity index (χ0v) is 13.5. The summed E-state index contributed by atoms with van der Waals surface area (Å²) in [4.78, 5) is 12.4. The van der Waals surface area contributed by atoms with Gasteiger partial charge in [0, 0.05) is 11.6 Å². The number of nitriles is 1. The lowest BCUT2D eigenvalue weighted by atomic mass is 10.1. The van der Waals surface area contributed by atoms with Gasteiger partial charge in [-0.3, -0.25) is 4.79 Å². The van der Waals surface area contributed by atoms with Crippen molar-refractivity contribution in [2.24, 2.45) is 0 Å². The molecular formula is C19H17NO4. The molecule has 0 unspecified atom stereocenters. The first kappa shape index (κ1) is 17.1. The van der Waals surface area contributed by atoms with E-state index in [0.29, 0.717) is 28.4 Å². The molecule has 0 fully saturated rings. The van der Waals surface area contributed by atoms with Gasteiger partial charge in [-0.1, -0.05) is 18.2 Å². The number of carbonyl (C=O) groups is 1. The summed E-state index contributed by atoms with van der Waals surface area (Å²) in [5.74, 6) is 1.40. The van der Waals surface area contributed by atoms with Crippen molar-refractivity contribution in [3.63, 3.8) is 0 Å². The van der Waals surface area contributed by atoms with Crippen LogP contribution in [0.3, 0.4) is 0 Å². The van der Waals surface area contributed by atoms with Crippen LogP contribution in [0.4, 0.5) is 0 Å². The van der Waals surface area contributed by atoms with E-state index >= 15 is 0 Å². The lowest BCUT2D eigenvalue weighted by molar-refractivity contribution is 0.104. The van der Waals surface area contributed by atoms with Crippen molar-refractivity contribution in [3.8, 4) is 23.3 Å². The summed E-state index contributed by atoms with van der Waals surface area (Å²) in [7, 11) is 3.05. The number of rotatable bonds is 7. The second-order valence-corrected chi connectivity index (χ2v) is 4.75. The van der Waals surface area contributed by atoms with Crippen molar-refractivity contribution in [1.82, 2.24) is 0 Å². The van der Waals surface area contributed by atoms with Crippen LogP contribution in [0.5, 0.6) is 17.2 Å². The van der Waals surface area contributed by atoms with Gasteiger partial charge in [-0.2, -0.15) is 5.26 Å². The molecule has 2 aromatic carbocycles. The van der Waals surface area contributed by atoms with Gasteiger partial charge in [0.05, 0.1) is 19.8 Å². The van der Waals surface area contributed by atoms with Crippen LogP contribution in [-0.4, -0.2) is 26.6 Å². The van der Waals surface area contributed by atoms with Gasteiger partial charge in [-0.05, 0) is 30.4 Å². The monoisotopic (exact) mass is 323 g/mol. The third-order valence-electron chi connectivity index (χ3n) is 3.30. The summed E-state index contributed by atoms with van der Waals surface area (Å²) < 4.78 is 15.7. The van der Waals surface area contributed by atoms with E-state index in [2.05, 4.69) is 0 Å². The molecular weight excluding hydrogens is 306 g/mol. The highest BCUT2D eigenvalue weighted by atomic mass is 16.5. The largest absolute Gasteiger partial charge is 0.497 e. The third kappa shape index (κ3) is 4.14. The summed E-state index contributed by atoms with van der Waals surface area (Å²) in [6.07, 6.45) is 3.09. The van der Waals surface area contributed by atoms with Gasteiger partial charge in [0.2, 0.25) is 0 Å². The average Bonchev–Trinajstić information content (AvgIpc) is 2.64. The fourth-order valence-electron chi connectivity index (χ4n) is 2.12. The molecule has 24 heavy (non-hydrogen) atoms. The molecule has 0 atom stereocenters. The zero-order valence-electron chi connectivity index (χ0n) is 13.5. The summed E-state index contributed by atoms with van der Waals surface area (Å²) in [5, 5.41) is 8.61. The fraction of sp³-hybridized carbons (Fsp3) is 0.158. The van der Waals surface area contributed by atoms with E-state index in [-0.39, 0.29) is 12.4 Å². The maximum absolute atomic E-state index is 12.4. The fourth-order valence-corrected chi connectivity index (χ4v) is 2.12. The van der Waals surface area contributed by atoms with Crippen molar-refractivity contribution in [2.75, 3.05) is 20.8 Å². The number of hydrogen-bond acceptors (Lipinski definition) is 5. The molecule has 0 heterocycles. The van der Waals surface area contributed by atoms with E-state index in [9.17, 15) is 4.79 Å². The highest BCUT2D eigenvalue weighted by molar-refractivity contribution is 6.08. The van der Waals surface area contributed by atoms with Crippen LogP contribution in [-0.2, 0) is 0 Å². The number of ketones is 1. The zero-order chi connectivity index (χ0) is 17.4. The Morgan fingerprint density at radius 3 is 2.62 bits per heavy atom. The van der Waals surface area contributed by atoms with E-state index in [4.69, 9.17) is 19.5 Å². The van der Waals surface area contributed by atoms with Crippen LogP contribution in [0.2, 0.25) is 0 Å². The molecule has 0 saturated carbocycles. The maximum atomic E-state index is 12.4. The normalized spacial score (nSPS) is 10.2. The van der Waals surface area contributed by atoms with Gasteiger partial charge in [0.15, 0.2) is 12.4 Å². The van der Waals surface area contributed by atoms with E-state index in [0.717, 1.165) is 0 Å². The molecule has 0 bridgehead atoms. The first-order valence-corrected chi connectivity index (χ1v) is 7.22. The molecule has 0 aliphatic rings. The van der Waals surface area contributed by atoms with E-state index < -0.39 is 0 Å². The van der Waals surface area contributed by atoms with E-state index in [1.54, 1.807) is 43.5 Å². The minimum Gasteiger partial charge on any atom is -0.497 e. The Morgan fingerprint density at radius 2 is 1.92 bits per heavy atom. The number of allylic oxidation sites excluding steroid dienone is 1. The molecule has 0 radical (unpaired) electrons. The number of ether oxygens (including phenoxy) is 3. The molecule has 0 saturated heterocycles. The maximum Gasteiger partial charge on any atom is 0.189 e. The van der Waals surface area contributed by atoms with Crippen LogP contribution < -0.4 is 14.2 Å². The molecule has 122 valence electrons. The molecule has 0 N–H and O–H groups in total. The smallest absolute Gasteiger partial charge is 0.189 e. The Balaban J connectivity index is 2.24. The van der Waals surface area contributed by atoms with Gasteiger partial charge >= 0.3 is 0 Å². The van der Waals surface area contributed by atoms with Gasteiger partial charge in [-0.15, -0.1) is 0 Å². The molecule has 2 rings (SSSR count). The van der Waals surface area contributed by atoms with Gasteiger partial charge in [-0.25, -0.2) is 0 Å². The molecule has 5 heteroatoms. The third-order valence-corrected chi connectivity index (χ3v) is 3.30. The minimum atomic E-state index is -0.204. The summed E-state index contributed by atoms with van der Waals surface area (Å²) in [5.41, 5.74) is 1.15. The van der Waals surface area contributed by atoms with Gasteiger partial charge in [0.1, 0.15) is 23.3 Å². The standard InChI is InChI=1S/C19H17NO4/c1-22-15-8-9-16(19(13-15)23-2)17(21)10-7-14-5-3-4-6-18(14)24-12-11-20/h3-10,13H,12H2,1-2H3/b10-7+. The summed E-state index contributed by atoms with van der Waals surface area (Å²) in [6, 6.07) is 14.1. The Bertz CT molecular complexity index is 790. The molecule has 0 spiro atoms. The van der Waals surface area contributed by atoms with E-state index in [1.807, 2.05) is 18.2 Å². The SMILES string of the molecule is COc1ccc(C(=O)/C=C/c2ccccc2OCC#N)c(OC)c1. The van der Waals surface area contributed by atoms with Crippen LogP contribution in [0.15, 0.2) is 48.5 Å². The molecule has 2 aromatic rings. The first-order chi connectivity index (χ1) is 11.7. The number of carbonyl (C=O) groups excluding carboxylic acids is 1. The lowest BCUT2D eigenvalue weighted by Gasteiger charge is -2.08. The van der Waals surface area contributed by atoms with Crippen LogP contribution in [0.1, 0.15) is 15.9 Å². The lowest BCUT2D eigenvalue weighted by Crippen LogP contribution is -2.00. The van der Waals surface area contributed by atoms with Crippen LogP contribution >= 0.6 is 0 Å². The second kappa shape index (κ2) is 8.39. The van der Waals surface area contributed by atoms with Gasteiger partial charge < -0.3 is 14.2 Å². The van der Waals surface area contributed by atoms with Crippen molar-refractivity contribution in [2.45, 2.75) is 0 Å². The Kier molecular flexibility index (Phi) is 5.98. The molecule has 0 amide bonds. The Labute approximate surface area is 140 Å². The second-order valence-electron chi connectivity index (χ2n) is 4.75. The highest BCUT2D eigenvalue weighted by Gasteiger charge is 2.11. The van der Waals surface area contributed by atoms with E-state index in [1.165, 1.54) is 13.2 Å². The van der Waals surface area contributed by atoms with Crippen molar-refractivity contribution >= 4 is 11.9 Å². The average molecular weight is 323 g/mol. The predicted octanol–water partition coefficient (Wildman–Crippen LogP) is 3.50. The molecule has 0 aromatic heterocycles. The van der Waals surface area contributed by atoms with Gasteiger partial charge in [0.25, 0.3) is 0 Å². The summed E-state index contributed by atoms with van der Waals surface area (Å²) >= 11 is 0. The van der Waals surface area contributed by atoms with Crippen molar-refractivity contribution < 1.29 is 19.0 Å². The Morgan fingerprint density at radius 1 is 1.12 bits per heavy atom. The topological polar surface area (TPSA) is 68.5 Å². The molecule has 0 aliphatic heterocycles. The predicted molar refractivity (Wildman–Crippen MR) is 90.5 cm³/mol. The highest BCUT2D eigenvalue weighted by Crippen LogP contribution is 2.26. The number of hydrogen-bond donors (Lipinski definition) is 0. The minimum absolute atomic E-state index is 0.0505. The summed E-state index contributed by atoms with van der Waals surface area (Å²) in [6.45, 7) is -0.0505.